The third kappa shape index (κ3) is 25.7. The molecule has 0 N–H and O–H groups in total. The van der Waals surface area contributed by atoms with Gasteiger partial charge in [0.25, 0.3) is 0 Å². The molecule has 0 aromatic carbocycles. The Morgan fingerprint density at radius 3 is 1.15 bits per heavy atom. The number of carbonyl (C=O) groups excluding carboxylic acids is 1. The van der Waals surface area contributed by atoms with E-state index in [2.05, 4.69) is 6.92 Å². The first kappa shape index (κ1) is 26.7. The van der Waals surface area contributed by atoms with Crippen molar-refractivity contribution < 1.29 is 4.79 Å². The lowest BCUT2D eigenvalue weighted by atomic mass is 10.0. The Kier molecular flexibility index (Phi) is 23.5. The summed E-state index contributed by atoms with van der Waals surface area (Å²) >= 11 is 5.25. The van der Waals surface area contributed by atoms with Gasteiger partial charge in [-0.05, 0) is 30.5 Å². The van der Waals surface area contributed by atoms with E-state index in [-0.39, 0.29) is 5.24 Å². The van der Waals surface area contributed by atoms with Crippen LogP contribution in [0.5, 0.6) is 0 Å². The van der Waals surface area contributed by atoms with E-state index < -0.39 is 0 Å². The van der Waals surface area contributed by atoms with E-state index in [1.54, 1.807) is 0 Å². The maximum absolute atomic E-state index is 10.5. The van der Waals surface area contributed by atoms with E-state index in [1.807, 2.05) is 6.08 Å². The number of allylic oxidation sites excluding steroid dienone is 2. The van der Waals surface area contributed by atoms with Gasteiger partial charge in [-0.3, -0.25) is 4.79 Å². The maximum Gasteiger partial charge on any atom is 0.244 e. The first-order valence-electron chi connectivity index (χ1n) is 12.1. The fourth-order valence-electron chi connectivity index (χ4n) is 3.69. The molecule has 0 rings (SSSR count). The summed E-state index contributed by atoms with van der Waals surface area (Å²) in [7, 11) is 0. The number of carbonyl (C=O) groups is 1. The second-order valence-corrected chi connectivity index (χ2v) is 8.59. The molecule has 0 heterocycles. The van der Waals surface area contributed by atoms with Crippen LogP contribution in [-0.4, -0.2) is 5.24 Å². The van der Waals surface area contributed by atoms with Gasteiger partial charge in [0, 0.05) is 0 Å². The highest BCUT2D eigenvalue weighted by molar-refractivity contribution is 6.66. The topological polar surface area (TPSA) is 17.1 Å². The minimum absolute atomic E-state index is 0.358. The van der Waals surface area contributed by atoms with Gasteiger partial charge in [0.05, 0.1) is 0 Å². The average Bonchev–Trinajstić information content (AvgIpc) is 2.65. The summed E-state index contributed by atoms with van der Waals surface area (Å²) in [4.78, 5) is 10.5. The highest BCUT2D eigenvalue weighted by Gasteiger charge is 1.95. The van der Waals surface area contributed by atoms with Gasteiger partial charge < -0.3 is 0 Å². The Balaban J connectivity index is 3.02. The van der Waals surface area contributed by atoms with Gasteiger partial charge in [-0.25, -0.2) is 0 Å². The van der Waals surface area contributed by atoms with E-state index in [9.17, 15) is 4.79 Å². The van der Waals surface area contributed by atoms with E-state index in [4.69, 9.17) is 11.6 Å². The van der Waals surface area contributed by atoms with Crippen LogP contribution in [0.25, 0.3) is 0 Å². The van der Waals surface area contributed by atoms with Crippen LogP contribution in [0.2, 0.25) is 0 Å². The SMILES string of the molecule is CCCCCCCCCCCCCCCCCCCCCCC=CC(=O)Cl. The van der Waals surface area contributed by atoms with Crippen LogP contribution in [0.1, 0.15) is 142 Å². The Labute approximate surface area is 175 Å². The molecule has 0 spiro atoms. The maximum atomic E-state index is 10.5. The fraction of sp³-hybridized carbons (Fsp3) is 0.880. The van der Waals surface area contributed by atoms with Gasteiger partial charge in [-0.2, -0.15) is 0 Å². The summed E-state index contributed by atoms with van der Waals surface area (Å²) in [6, 6.07) is 0. The lowest BCUT2D eigenvalue weighted by Gasteiger charge is -2.04. The molecule has 0 saturated carbocycles. The van der Waals surface area contributed by atoms with Crippen molar-refractivity contribution in [3.8, 4) is 0 Å². The number of unbranched alkanes of at least 4 members (excludes halogenated alkanes) is 20. The van der Waals surface area contributed by atoms with Crippen molar-refractivity contribution in [2.75, 3.05) is 0 Å². The van der Waals surface area contributed by atoms with Crippen molar-refractivity contribution in [3.63, 3.8) is 0 Å². The monoisotopic (exact) mass is 398 g/mol. The largest absolute Gasteiger partial charge is 0.276 e. The van der Waals surface area contributed by atoms with Gasteiger partial charge in [0.1, 0.15) is 0 Å². The molecule has 0 aliphatic carbocycles. The first-order chi connectivity index (χ1) is 13.3. The zero-order valence-electron chi connectivity index (χ0n) is 18.3. The lowest BCUT2D eigenvalue weighted by Crippen LogP contribution is -1.84. The van der Waals surface area contributed by atoms with E-state index in [0.29, 0.717) is 0 Å². The Hall–Kier alpha value is -0.300. The van der Waals surface area contributed by atoms with Crippen LogP contribution in [0.4, 0.5) is 0 Å². The lowest BCUT2D eigenvalue weighted by molar-refractivity contribution is -0.107. The van der Waals surface area contributed by atoms with Gasteiger partial charge in [-0.1, -0.05) is 135 Å². The highest BCUT2D eigenvalue weighted by atomic mass is 35.5. The molecule has 0 unspecified atom stereocenters. The zero-order valence-corrected chi connectivity index (χ0v) is 19.0. The number of rotatable bonds is 22. The third-order valence-electron chi connectivity index (χ3n) is 5.47. The van der Waals surface area contributed by atoms with Gasteiger partial charge >= 0.3 is 0 Å². The molecule has 0 atom stereocenters. The van der Waals surface area contributed by atoms with Crippen molar-refractivity contribution in [1.82, 2.24) is 0 Å². The predicted molar refractivity (Wildman–Crippen MR) is 123 cm³/mol. The Bertz CT molecular complexity index is 324. The first-order valence-corrected chi connectivity index (χ1v) is 12.5. The van der Waals surface area contributed by atoms with E-state index >= 15 is 0 Å². The standard InChI is InChI=1S/C25H47ClO/c1-2-3-4-5-6-7-8-9-10-11-12-13-14-15-16-17-18-19-20-21-22-23-24-25(26)27/h23-24H,2-22H2,1H3. The molecular formula is C25H47ClO. The van der Waals surface area contributed by atoms with Gasteiger partial charge in [0.15, 0.2) is 0 Å². The summed E-state index contributed by atoms with van der Waals surface area (Å²) in [6.07, 6.45) is 32.6. The van der Waals surface area contributed by atoms with Crippen molar-refractivity contribution in [2.24, 2.45) is 0 Å². The minimum Gasteiger partial charge on any atom is -0.276 e. The van der Waals surface area contributed by atoms with Gasteiger partial charge in [-0.15, -0.1) is 0 Å². The molecule has 27 heavy (non-hydrogen) atoms. The predicted octanol–water partition coefficient (Wildman–Crippen LogP) is 9.52. The van der Waals surface area contributed by atoms with Crippen molar-refractivity contribution >= 4 is 16.8 Å². The summed E-state index contributed by atoms with van der Waals surface area (Å²) < 4.78 is 0. The van der Waals surface area contributed by atoms with Crippen LogP contribution >= 0.6 is 11.6 Å². The highest BCUT2D eigenvalue weighted by Crippen LogP contribution is 2.15. The molecule has 0 fully saturated rings. The Morgan fingerprint density at radius 1 is 0.556 bits per heavy atom. The summed E-state index contributed by atoms with van der Waals surface area (Å²) in [5.41, 5.74) is 0. The summed E-state index contributed by atoms with van der Waals surface area (Å²) in [5.74, 6) is 0. The van der Waals surface area contributed by atoms with E-state index in [1.165, 1.54) is 134 Å². The fourth-order valence-corrected chi connectivity index (χ4v) is 3.78. The zero-order chi connectivity index (χ0) is 19.8. The molecular weight excluding hydrogens is 352 g/mol. The molecule has 0 aliphatic heterocycles. The van der Waals surface area contributed by atoms with Crippen LogP contribution in [0.3, 0.4) is 0 Å². The molecule has 0 saturated heterocycles. The summed E-state index contributed by atoms with van der Waals surface area (Å²) in [5, 5.41) is -0.358. The average molecular weight is 399 g/mol. The number of hydrogen-bond donors (Lipinski definition) is 0. The molecule has 0 radical (unpaired) electrons. The molecule has 0 aliphatic rings. The molecule has 0 aromatic rings. The molecule has 1 nitrogen and oxygen atoms in total. The van der Waals surface area contributed by atoms with E-state index in [0.717, 1.165) is 6.42 Å². The minimum atomic E-state index is -0.358. The van der Waals surface area contributed by atoms with Crippen molar-refractivity contribution in [3.05, 3.63) is 12.2 Å². The van der Waals surface area contributed by atoms with Crippen molar-refractivity contribution in [2.45, 2.75) is 142 Å². The van der Waals surface area contributed by atoms with Gasteiger partial charge in [0.2, 0.25) is 5.24 Å². The quantitative estimate of drug-likeness (QED) is 0.101. The normalized spacial score (nSPS) is 11.5. The molecule has 2 heteroatoms. The number of halogens is 1. The van der Waals surface area contributed by atoms with Crippen LogP contribution in [0, 0.1) is 0 Å². The number of hydrogen-bond acceptors (Lipinski definition) is 1. The van der Waals surface area contributed by atoms with Crippen LogP contribution in [0.15, 0.2) is 12.2 Å². The molecule has 0 aromatic heterocycles. The third-order valence-corrected chi connectivity index (χ3v) is 5.60. The second-order valence-electron chi connectivity index (χ2n) is 8.21. The van der Waals surface area contributed by atoms with Crippen molar-refractivity contribution in [1.29, 1.82) is 0 Å². The summed E-state index contributed by atoms with van der Waals surface area (Å²) in [6.45, 7) is 2.29. The second kappa shape index (κ2) is 23.7. The molecule has 0 amide bonds. The molecule has 0 bridgehead atoms. The Morgan fingerprint density at radius 2 is 0.852 bits per heavy atom. The van der Waals surface area contributed by atoms with Crippen LogP contribution in [-0.2, 0) is 4.79 Å². The van der Waals surface area contributed by atoms with Crippen LogP contribution < -0.4 is 0 Å². The molecule has 160 valence electrons. The smallest absolute Gasteiger partial charge is 0.244 e.